The zero-order valence-electron chi connectivity index (χ0n) is 13.6. The maximum absolute atomic E-state index is 12.6. The minimum absolute atomic E-state index is 0.199. The second kappa shape index (κ2) is 6.23. The van der Waals surface area contributed by atoms with E-state index in [0.29, 0.717) is 12.2 Å². The summed E-state index contributed by atoms with van der Waals surface area (Å²) in [6.07, 6.45) is 4.22. The lowest BCUT2D eigenvalue weighted by Crippen LogP contribution is -2.34. The van der Waals surface area contributed by atoms with Gasteiger partial charge < -0.3 is 19.7 Å². The minimum Gasteiger partial charge on any atom is -0.493 e. The minimum atomic E-state index is -1.14. The van der Waals surface area contributed by atoms with E-state index in [1.165, 1.54) is 0 Å². The van der Waals surface area contributed by atoms with Crippen LogP contribution in [0.1, 0.15) is 51.8 Å². The van der Waals surface area contributed by atoms with Gasteiger partial charge in [0.05, 0.1) is 6.61 Å². The van der Waals surface area contributed by atoms with Crippen LogP contribution in [0.15, 0.2) is 22.7 Å². The third-order valence-corrected chi connectivity index (χ3v) is 4.73. The molecule has 1 aromatic heterocycles. The number of fused-ring (bicyclic) bond motifs is 2. The summed E-state index contributed by atoms with van der Waals surface area (Å²) >= 11 is 0. The number of nitrogens with one attached hydrogen (secondary N) is 1. The molecule has 25 heavy (non-hydrogen) atoms. The molecule has 1 aliphatic carbocycles. The van der Waals surface area contributed by atoms with Crippen LogP contribution in [0.2, 0.25) is 0 Å². The second-order valence-corrected chi connectivity index (χ2v) is 6.35. The van der Waals surface area contributed by atoms with Crippen LogP contribution in [-0.2, 0) is 24.1 Å². The maximum Gasteiger partial charge on any atom is 0.330 e. The number of ether oxygens (including phenoxy) is 1. The number of carbonyl (C=O) groups is 2. The van der Waals surface area contributed by atoms with Gasteiger partial charge in [0.2, 0.25) is 0 Å². The van der Waals surface area contributed by atoms with Crippen LogP contribution in [0.3, 0.4) is 0 Å². The van der Waals surface area contributed by atoms with E-state index in [2.05, 4.69) is 10.5 Å². The Bertz CT molecular complexity index is 842. The van der Waals surface area contributed by atoms with E-state index in [1.54, 1.807) is 18.2 Å². The van der Waals surface area contributed by atoms with E-state index in [9.17, 15) is 14.7 Å². The molecule has 7 heteroatoms. The van der Waals surface area contributed by atoms with Crippen molar-refractivity contribution >= 4 is 11.9 Å². The smallest absolute Gasteiger partial charge is 0.330 e. The number of carbonyl (C=O) groups excluding carboxylic acids is 1. The first-order chi connectivity index (χ1) is 12.1. The highest BCUT2D eigenvalue weighted by molar-refractivity contribution is 5.96. The van der Waals surface area contributed by atoms with Crippen molar-refractivity contribution in [2.24, 2.45) is 0 Å². The number of benzene rings is 1. The normalized spacial score (nSPS) is 16.5. The number of amides is 1. The first kappa shape index (κ1) is 15.7. The molecule has 0 radical (unpaired) electrons. The Balaban J connectivity index is 1.59. The van der Waals surface area contributed by atoms with Crippen LogP contribution in [0.4, 0.5) is 0 Å². The number of aliphatic carboxylic acids is 1. The molecule has 4 rings (SSSR count). The van der Waals surface area contributed by atoms with Crippen LogP contribution >= 0.6 is 0 Å². The molecule has 1 amide bonds. The molecular formula is C18H18N2O5. The molecule has 1 aliphatic heterocycles. The van der Waals surface area contributed by atoms with E-state index in [-0.39, 0.29) is 5.69 Å². The van der Waals surface area contributed by atoms with Crippen molar-refractivity contribution in [1.82, 2.24) is 10.5 Å². The van der Waals surface area contributed by atoms with Crippen LogP contribution in [0, 0.1) is 0 Å². The predicted octanol–water partition coefficient (Wildman–Crippen LogP) is 2.04. The largest absolute Gasteiger partial charge is 0.493 e. The molecular weight excluding hydrogens is 324 g/mol. The van der Waals surface area contributed by atoms with Crippen LogP contribution in [0.5, 0.6) is 5.75 Å². The Kier molecular flexibility index (Phi) is 3.91. The van der Waals surface area contributed by atoms with Crippen molar-refractivity contribution < 1.29 is 24.0 Å². The summed E-state index contributed by atoms with van der Waals surface area (Å²) in [6, 6.07) is 4.05. The first-order valence-electron chi connectivity index (χ1n) is 8.40. The summed E-state index contributed by atoms with van der Waals surface area (Å²) in [7, 11) is 0. The summed E-state index contributed by atoms with van der Waals surface area (Å²) in [5.41, 5.74) is 2.47. The molecule has 0 bridgehead atoms. The average molecular weight is 342 g/mol. The van der Waals surface area contributed by atoms with Crippen molar-refractivity contribution in [3.8, 4) is 5.75 Å². The summed E-state index contributed by atoms with van der Waals surface area (Å²) in [5.74, 6) is -0.136. The van der Waals surface area contributed by atoms with E-state index in [4.69, 9.17) is 9.26 Å². The highest BCUT2D eigenvalue weighted by atomic mass is 16.5. The van der Waals surface area contributed by atoms with Gasteiger partial charge in [-0.1, -0.05) is 11.2 Å². The third-order valence-electron chi connectivity index (χ3n) is 4.73. The SMILES string of the molecule is O=C(NC(C(=O)O)c1ccc2c(c1)CCO2)c1noc2c1CCCC2. The average Bonchev–Trinajstić information content (AvgIpc) is 3.25. The maximum atomic E-state index is 12.6. The van der Waals surface area contributed by atoms with E-state index in [0.717, 1.165) is 54.7 Å². The number of rotatable bonds is 4. The van der Waals surface area contributed by atoms with Gasteiger partial charge >= 0.3 is 5.97 Å². The molecule has 2 heterocycles. The van der Waals surface area contributed by atoms with Crippen molar-refractivity contribution in [1.29, 1.82) is 0 Å². The Morgan fingerprint density at radius 1 is 1.20 bits per heavy atom. The van der Waals surface area contributed by atoms with Gasteiger partial charge in [-0.15, -0.1) is 0 Å². The number of carboxylic acids is 1. The standard InChI is InChI=1S/C18H18N2O5/c21-17(16-12-3-1-2-4-14(12)25-20-16)19-15(18(22)23)11-5-6-13-10(9-11)7-8-24-13/h5-6,9,15H,1-4,7-8H2,(H,19,21)(H,22,23). The zero-order chi connectivity index (χ0) is 17.4. The van der Waals surface area contributed by atoms with Crippen molar-refractivity contribution in [2.45, 2.75) is 38.1 Å². The predicted molar refractivity (Wildman–Crippen MR) is 86.6 cm³/mol. The molecule has 2 N–H and O–H groups in total. The van der Waals surface area contributed by atoms with Gasteiger partial charge in [-0.25, -0.2) is 4.79 Å². The fourth-order valence-electron chi connectivity index (χ4n) is 3.44. The van der Waals surface area contributed by atoms with Gasteiger partial charge in [-0.2, -0.15) is 0 Å². The number of carboxylic acid groups (broad SMARTS) is 1. The molecule has 1 atom stereocenters. The molecule has 0 saturated heterocycles. The Morgan fingerprint density at radius 3 is 2.88 bits per heavy atom. The lowest BCUT2D eigenvalue weighted by molar-refractivity contribution is -0.139. The molecule has 1 aromatic carbocycles. The van der Waals surface area contributed by atoms with Gasteiger partial charge in [0.15, 0.2) is 11.7 Å². The van der Waals surface area contributed by atoms with Crippen LogP contribution < -0.4 is 10.1 Å². The summed E-state index contributed by atoms with van der Waals surface area (Å²) in [6.45, 7) is 0.591. The lowest BCUT2D eigenvalue weighted by atomic mass is 9.96. The molecule has 2 aliphatic rings. The Labute approximate surface area is 144 Å². The number of nitrogens with zero attached hydrogens (tertiary/aromatic N) is 1. The fourth-order valence-corrected chi connectivity index (χ4v) is 3.44. The van der Waals surface area contributed by atoms with Gasteiger partial charge in [-0.3, -0.25) is 4.79 Å². The highest BCUT2D eigenvalue weighted by Gasteiger charge is 2.29. The number of hydrogen-bond donors (Lipinski definition) is 2. The van der Waals surface area contributed by atoms with E-state index in [1.807, 2.05) is 0 Å². The van der Waals surface area contributed by atoms with Crippen molar-refractivity contribution in [2.75, 3.05) is 6.61 Å². The lowest BCUT2D eigenvalue weighted by Gasteiger charge is -2.16. The zero-order valence-corrected chi connectivity index (χ0v) is 13.6. The second-order valence-electron chi connectivity index (χ2n) is 6.35. The highest BCUT2D eigenvalue weighted by Crippen LogP contribution is 2.29. The van der Waals surface area contributed by atoms with Gasteiger partial charge in [0, 0.05) is 18.4 Å². The Hall–Kier alpha value is -2.83. The van der Waals surface area contributed by atoms with Gasteiger partial charge in [0.25, 0.3) is 5.91 Å². The molecule has 0 saturated carbocycles. The van der Waals surface area contributed by atoms with E-state index < -0.39 is 17.9 Å². The molecule has 1 unspecified atom stereocenters. The first-order valence-corrected chi connectivity index (χ1v) is 8.40. The summed E-state index contributed by atoms with van der Waals surface area (Å²) in [5, 5.41) is 16.0. The van der Waals surface area contributed by atoms with Crippen LogP contribution in [0.25, 0.3) is 0 Å². The van der Waals surface area contributed by atoms with Crippen molar-refractivity contribution in [3.63, 3.8) is 0 Å². The molecule has 0 spiro atoms. The van der Waals surface area contributed by atoms with Crippen molar-refractivity contribution in [3.05, 3.63) is 46.3 Å². The number of aromatic nitrogens is 1. The third kappa shape index (κ3) is 2.86. The van der Waals surface area contributed by atoms with Gasteiger partial charge in [-0.05, 0) is 42.5 Å². The summed E-state index contributed by atoms with van der Waals surface area (Å²) in [4.78, 5) is 24.3. The fraction of sp³-hybridized carbons (Fsp3) is 0.389. The molecule has 2 aromatic rings. The van der Waals surface area contributed by atoms with E-state index >= 15 is 0 Å². The summed E-state index contributed by atoms with van der Waals surface area (Å²) < 4.78 is 10.7. The Morgan fingerprint density at radius 2 is 2.04 bits per heavy atom. The van der Waals surface area contributed by atoms with Gasteiger partial charge in [0.1, 0.15) is 11.5 Å². The number of aryl methyl sites for hydroxylation is 1. The molecule has 0 fully saturated rings. The monoisotopic (exact) mass is 342 g/mol. The quantitative estimate of drug-likeness (QED) is 0.882. The van der Waals surface area contributed by atoms with Crippen LogP contribution in [-0.4, -0.2) is 28.7 Å². The number of hydrogen-bond acceptors (Lipinski definition) is 5. The molecule has 7 nitrogen and oxygen atoms in total. The molecule has 130 valence electrons. The topological polar surface area (TPSA) is 102 Å².